The summed E-state index contributed by atoms with van der Waals surface area (Å²) in [5.41, 5.74) is 1.59. The molecular formula is C17H27N3. The van der Waals surface area contributed by atoms with Crippen LogP contribution in [0.25, 0.3) is 0 Å². The van der Waals surface area contributed by atoms with Gasteiger partial charge in [-0.15, -0.1) is 0 Å². The number of hydrogen-bond acceptors (Lipinski definition) is 2. The van der Waals surface area contributed by atoms with Crippen LogP contribution in [-0.2, 0) is 13.0 Å². The van der Waals surface area contributed by atoms with E-state index in [1.165, 1.54) is 25.1 Å². The van der Waals surface area contributed by atoms with Gasteiger partial charge in [0, 0.05) is 31.9 Å². The van der Waals surface area contributed by atoms with Crippen LogP contribution in [0.2, 0.25) is 0 Å². The number of fused-ring (bicyclic) bond motifs is 1. The predicted molar refractivity (Wildman–Crippen MR) is 82.6 cm³/mol. The Bertz CT molecular complexity index is 474. The highest BCUT2D eigenvalue weighted by molar-refractivity contribution is 5.09. The molecule has 0 spiro atoms. The second-order valence-corrected chi connectivity index (χ2v) is 6.67. The fraction of sp³-hybridized carbons (Fsp3) is 0.706. The summed E-state index contributed by atoms with van der Waals surface area (Å²) in [5, 5.41) is 3.73. The normalized spacial score (nSPS) is 29.9. The van der Waals surface area contributed by atoms with Gasteiger partial charge in [-0.05, 0) is 50.5 Å². The van der Waals surface area contributed by atoms with Crippen LogP contribution in [0.4, 0.5) is 0 Å². The van der Waals surface area contributed by atoms with Crippen LogP contribution in [0.1, 0.15) is 38.9 Å². The van der Waals surface area contributed by atoms with Crippen molar-refractivity contribution in [2.45, 2.75) is 46.1 Å². The first-order valence-electron chi connectivity index (χ1n) is 8.11. The van der Waals surface area contributed by atoms with E-state index in [0.717, 1.165) is 43.8 Å². The lowest BCUT2D eigenvalue weighted by atomic mass is 9.80. The van der Waals surface area contributed by atoms with Crippen molar-refractivity contribution in [1.29, 1.82) is 0 Å². The molecule has 20 heavy (non-hydrogen) atoms. The van der Waals surface area contributed by atoms with Crippen LogP contribution in [0.5, 0.6) is 0 Å². The molecule has 3 rings (SSSR count). The maximum absolute atomic E-state index is 4.40. The van der Waals surface area contributed by atoms with E-state index in [1.807, 2.05) is 6.20 Å². The van der Waals surface area contributed by atoms with Gasteiger partial charge in [-0.2, -0.15) is 0 Å². The molecule has 2 heterocycles. The number of nitrogens with one attached hydrogen (secondary N) is 1. The zero-order chi connectivity index (χ0) is 13.9. The first-order chi connectivity index (χ1) is 9.74. The van der Waals surface area contributed by atoms with Gasteiger partial charge in [0.2, 0.25) is 0 Å². The largest absolute Gasteiger partial charge is 0.335 e. The standard InChI is InChI=1S/C17H27N3/c1-13-4-3-5-14(2)16(13)11-18-10-15-6-7-17-19-8-9-20(17)12-15/h4,8-9,14-16,18H,3,5-7,10-12H2,1-2H3/t14-,15+,16-/m0/s1. The molecule has 0 fully saturated rings. The molecule has 0 aromatic carbocycles. The molecule has 3 nitrogen and oxygen atoms in total. The number of aromatic nitrogens is 2. The zero-order valence-corrected chi connectivity index (χ0v) is 12.8. The van der Waals surface area contributed by atoms with Crippen LogP contribution < -0.4 is 5.32 Å². The lowest BCUT2D eigenvalue weighted by molar-refractivity contribution is 0.311. The predicted octanol–water partition coefficient (Wildman–Crippen LogP) is 3.03. The monoisotopic (exact) mass is 273 g/mol. The Balaban J connectivity index is 1.46. The average molecular weight is 273 g/mol. The quantitative estimate of drug-likeness (QED) is 0.855. The van der Waals surface area contributed by atoms with E-state index in [2.05, 4.69) is 41.0 Å². The average Bonchev–Trinajstić information content (AvgIpc) is 2.89. The molecule has 2 aliphatic rings. The molecule has 3 atom stereocenters. The zero-order valence-electron chi connectivity index (χ0n) is 12.8. The molecule has 1 N–H and O–H groups in total. The van der Waals surface area contributed by atoms with Crippen molar-refractivity contribution in [1.82, 2.24) is 14.9 Å². The molecule has 1 aromatic rings. The van der Waals surface area contributed by atoms with Crippen molar-refractivity contribution < 1.29 is 0 Å². The van der Waals surface area contributed by atoms with Gasteiger partial charge in [0.25, 0.3) is 0 Å². The van der Waals surface area contributed by atoms with Crippen LogP contribution >= 0.6 is 0 Å². The van der Waals surface area contributed by atoms with Crippen LogP contribution in [0.3, 0.4) is 0 Å². The lowest BCUT2D eigenvalue weighted by Gasteiger charge is -2.30. The molecule has 1 aromatic heterocycles. The molecule has 0 unspecified atom stereocenters. The smallest absolute Gasteiger partial charge is 0.108 e. The highest BCUT2D eigenvalue weighted by Gasteiger charge is 2.23. The third-order valence-corrected chi connectivity index (χ3v) is 5.19. The number of rotatable bonds is 4. The number of imidazole rings is 1. The van der Waals surface area contributed by atoms with Gasteiger partial charge >= 0.3 is 0 Å². The van der Waals surface area contributed by atoms with E-state index in [-0.39, 0.29) is 0 Å². The molecule has 0 radical (unpaired) electrons. The second-order valence-electron chi connectivity index (χ2n) is 6.67. The fourth-order valence-corrected chi connectivity index (χ4v) is 3.78. The second kappa shape index (κ2) is 6.13. The summed E-state index contributed by atoms with van der Waals surface area (Å²) in [6.07, 6.45) is 11.5. The minimum absolute atomic E-state index is 0.746. The molecule has 110 valence electrons. The highest BCUT2D eigenvalue weighted by atomic mass is 15.1. The van der Waals surface area contributed by atoms with Crippen molar-refractivity contribution in [3.05, 3.63) is 29.9 Å². The molecule has 0 amide bonds. The molecule has 0 saturated heterocycles. The SMILES string of the molecule is CC1=CCC[C@H](C)[C@H]1CNC[C@H]1CCc2nccn2C1. The summed E-state index contributed by atoms with van der Waals surface area (Å²) in [6, 6.07) is 0. The van der Waals surface area contributed by atoms with Gasteiger partial charge in [0.15, 0.2) is 0 Å². The minimum Gasteiger partial charge on any atom is -0.335 e. The van der Waals surface area contributed by atoms with E-state index in [4.69, 9.17) is 0 Å². The third kappa shape index (κ3) is 2.98. The number of allylic oxidation sites excluding steroid dienone is 1. The first kappa shape index (κ1) is 13.9. The van der Waals surface area contributed by atoms with E-state index in [1.54, 1.807) is 5.57 Å². The molecule has 1 aliphatic carbocycles. The molecule has 0 saturated carbocycles. The van der Waals surface area contributed by atoms with Crippen LogP contribution in [0.15, 0.2) is 24.0 Å². The minimum atomic E-state index is 0.746. The van der Waals surface area contributed by atoms with E-state index in [9.17, 15) is 0 Å². The summed E-state index contributed by atoms with van der Waals surface area (Å²) >= 11 is 0. The topological polar surface area (TPSA) is 29.9 Å². The molecule has 1 aliphatic heterocycles. The summed E-state index contributed by atoms with van der Waals surface area (Å²) in [5.74, 6) is 3.61. The fourth-order valence-electron chi connectivity index (χ4n) is 3.78. The maximum Gasteiger partial charge on any atom is 0.108 e. The maximum atomic E-state index is 4.40. The van der Waals surface area contributed by atoms with E-state index in [0.29, 0.717) is 0 Å². The van der Waals surface area contributed by atoms with Crippen molar-refractivity contribution in [2.75, 3.05) is 13.1 Å². The molecule has 0 bridgehead atoms. The molecule has 3 heteroatoms. The Kier molecular flexibility index (Phi) is 4.25. The third-order valence-electron chi connectivity index (χ3n) is 5.19. The van der Waals surface area contributed by atoms with Gasteiger partial charge in [-0.25, -0.2) is 4.98 Å². The summed E-state index contributed by atoms with van der Waals surface area (Å²) in [4.78, 5) is 4.40. The Labute approximate surface area is 122 Å². The van der Waals surface area contributed by atoms with Crippen molar-refractivity contribution in [3.63, 3.8) is 0 Å². The van der Waals surface area contributed by atoms with Crippen molar-refractivity contribution in [2.24, 2.45) is 17.8 Å². The highest BCUT2D eigenvalue weighted by Crippen LogP contribution is 2.29. The van der Waals surface area contributed by atoms with Crippen molar-refractivity contribution >= 4 is 0 Å². The summed E-state index contributed by atoms with van der Waals surface area (Å²) in [7, 11) is 0. The van der Waals surface area contributed by atoms with Gasteiger partial charge in [-0.3, -0.25) is 0 Å². The Morgan fingerprint density at radius 1 is 1.35 bits per heavy atom. The van der Waals surface area contributed by atoms with Crippen LogP contribution in [0, 0.1) is 17.8 Å². The first-order valence-corrected chi connectivity index (χ1v) is 8.11. The molecular weight excluding hydrogens is 246 g/mol. The lowest BCUT2D eigenvalue weighted by Crippen LogP contribution is -2.35. The summed E-state index contributed by atoms with van der Waals surface area (Å²) < 4.78 is 2.32. The van der Waals surface area contributed by atoms with Gasteiger partial charge in [0.1, 0.15) is 5.82 Å². The Morgan fingerprint density at radius 2 is 2.25 bits per heavy atom. The number of nitrogens with zero attached hydrogens (tertiary/aromatic N) is 2. The number of aryl methyl sites for hydroxylation is 1. The van der Waals surface area contributed by atoms with Crippen LogP contribution in [-0.4, -0.2) is 22.6 Å². The van der Waals surface area contributed by atoms with E-state index < -0.39 is 0 Å². The Hall–Kier alpha value is -1.09. The van der Waals surface area contributed by atoms with Gasteiger partial charge in [-0.1, -0.05) is 18.6 Å². The van der Waals surface area contributed by atoms with Crippen molar-refractivity contribution in [3.8, 4) is 0 Å². The van der Waals surface area contributed by atoms with Gasteiger partial charge in [0.05, 0.1) is 0 Å². The Morgan fingerprint density at radius 3 is 3.10 bits per heavy atom. The number of hydrogen-bond donors (Lipinski definition) is 1. The van der Waals surface area contributed by atoms with Gasteiger partial charge < -0.3 is 9.88 Å². The summed E-state index contributed by atoms with van der Waals surface area (Å²) in [6.45, 7) is 8.14. The van der Waals surface area contributed by atoms with E-state index >= 15 is 0 Å².